The van der Waals surface area contributed by atoms with E-state index in [1.165, 1.54) is 12.1 Å². The van der Waals surface area contributed by atoms with Crippen LogP contribution in [0.3, 0.4) is 0 Å². The molecule has 0 heterocycles. The van der Waals surface area contributed by atoms with Gasteiger partial charge in [0.25, 0.3) is 0 Å². The molecule has 0 saturated carbocycles. The van der Waals surface area contributed by atoms with Gasteiger partial charge in [-0.1, -0.05) is 30.6 Å². The van der Waals surface area contributed by atoms with Gasteiger partial charge in [0, 0.05) is 0 Å². The van der Waals surface area contributed by atoms with Gasteiger partial charge in [-0.25, -0.2) is 4.39 Å². The fraction of sp³-hybridized carbons (Fsp3) is 0.364. The van der Waals surface area contributed by atoms with Crippen molar-refractivity contribution < 1.29 is 9.23 Å². The van der Waals surface area contributed by atoms with E-state index in [2.05, 4.69) is 11.4 Å². The number of unbranched alkanes of at least 4 members (excludes halogenated alkanes) is 1. The lowest BCUT2D eigenvalue weighted by Crippen LogP contribution is -1.88. The summed E-state index contributed by atoms with van der Waals surface area (Å²) < 4.78 is 12.7. The number of halogens is 1. The Morgan fingerprint density at radius 1 is 1.50 bits per heavy atom. The molecule has 0 bridgehead atoms. The van der Waals surface area contributed by atoms with Crippen molar-refractivity contribution in [2.75, 3.05) is 0 Å². The van der Waals surface area contributed by atoms with Gasteiger partial charge in [0.1, 0.15) is 18.6 Å². The molecule has 0 spiro atoms. The van der Waals surface area contributed by atoms with E-state index in [1.807, 2.05) is 6.92 Å². The summed E-state index contributed by atoms with van der Waals surface area (Å²) in [5.74, 6) is -0.257. The van der Waals surface area contributed by atoms with Crippen molar-refractivity contribution in [1.82, 2.24) is 0 Å². The predicted octanol–water partition coefficient (Wildman–Crippen LogP) is 3.01. The van der Waals surface area contributed by atoms with Gasteiger partial charge < -0.3 is 4.84 Å². The fourth-order valence-electron chi connectivity index (χ4n) is 0.937. The second kappa shape index (κ2) is 6.13. The van der Waals surface area contributed by atoms with E-state index in [-0.39, 0.29) is 12.4 Å². The molecular weight excluding hydrogens is 181 g/mol. The van der Waals surface area contributed by atoms with Crippen LogP contribution in [0.15, 0.2) is 29.4 Å². The number of nitrogens with zero attached hydrogens (tertiary/aromatic N) is 1. The molecule has 3 heteroatoms. The Morgan fingerprint density at radius 2 is 2.36 bits per heavy atom. The molecule has 0 unspecified atom stereocenters. The molecule has 0 aliphatic heterocycles. The van der Waals surface area contributed by atoms with Gasteiger partial charge in [-0.3, -0.25) is 0 Å². The Kier molecular flexibility index (Phi) is 4.69. The lowest BCUT2D eigenvalue weighted by molar-refractivity contribution is 0.131. The van der Waals surface area contributed by atoms with E-state index in [0.29, 0.717) is 0 Å². The SMILES string of the molecule is CCC/[C]=N/OCc1cccc(F)c1. The van der Waals surface area contributed by atoms with Gasteiger partial charge in [0.2, 0.25) is 0 Å². The highest BCUT2D eigenvalue weighted by Crippen LogP contribution is 2.04. The highest BCUT2D eigenvalue weighted by Gasteiger charge is 1.94. The molecule has 75 valence electrons. The minimum absolute atomic E-state index is 0.257. The van der Waals surface area contributed by atoms with Crippen LogP contribution in [0.5, 0.6) is 0 Å². The molecule has 0 amide bonds. The van der Waals surface area contributed by atoms with Crippen molar-refractivity contribution >= 4 is 6.21 Å². The number of benzene rings is 1. The zero-order chi connectivity index (χ0) is 10.2. The summed E-state index contributed by atoms with van der Waals surface area (Å²) in [7, 11) is 0. The summed E-state index contributed by atoms with van der Waals surface area (Å²) in [5, 5.41) is 3.61. The van der Waals surface area contributed by atoms with E-state index in [0.717, 1.165) is 18.4 Å². The van der Waals surface area contributed by atoms with Crippen molar-refractivity contribution in [3.63, 3.8) is 0 Å². The van der Waals surface area contributed by atoms with Gasteiger partial charge >= 0.3 is 0 Å². The Balaban J connectivity index is 2.31. The van der Waals surface area contributed by atoms with Crippen LogP contribution in [-0.2, 0) is 11.4 Å². The summed E-state index contributed by atoms with van der Waals surface area (Å²) in [5.41, 5.74) is 0.770. The molecule has 1 aromatic carbocycles. The number of rotatable bonds is 5. The van der Waals surface area contributed by atoms with Crippen LogP contribution in [0, 0.1) is 5.82 Å². The Labute approximate surface area is 83.4 Å². The number of hydrogen-bond donors (Lipinski definition) is 0. The molecule has 0 aromatic heterocycles. The number of hydrogen-bond acceptors (Lipinski definition) is 2. The molecule has 0 N–H and O–H groups in total. The lowest BCUT2D eigenvalue weighted by atomic mass is 10.2. The third kappa shape index (κ3) is 4.03. The largest absolute Gasteiger partial charge is 0.391 e. The van der Waals surface area contributed by atoms with Crippen molar-refractivity contribution in [2.45, 2.75) is 26.4 Å². The molecule has 1 radical (unpaired) electrons. The van der Waals surface area contributed by atoms with Crippen LogP contribution in [0.25, 0.3) is 0 Å². The second-order valence-electron chi connectivity index (χ2n) is 2.90. The first-order valence-corrected chi connectivity index (χ1v) is 4.62. The zero-order valence-corrected chi connectivity index (χ0v) is 8.16. The molecule has 0 aliphatic carbocycles. The van der Waals surface area contributed by atoms with Gasteiger partial charge in [-0.2, -0.15) is 0 Å². The van der Waals surface area contributed by atoms with Gasteiger partial charge in [-0.05, 0) is 24.1 Å². The fourth-order valence-corrected chi connectivity index (χ4v) is 0.937. The van der Waals surface area contributed by atoms with Crippen LogP contribution in [0.4, 0.5) is 4.39 Å². The maximum absolute atomic E-state index is 12.7. The first kappa shape index (κ1) is 10.7. The Bertz CT molecular complexity index is 299. The van der Waals surface area contributed by atoms with Crippen LogP contribution >= 0.6 is 0 Å². The third-order valence-corrected chi connectivity index (χ3v) is 1.61. The maximum atomic E-state index is 12.7. The van der Waals surface area contributed by atoms with Crippen LogP contribution in [0.2, 0.25) is 0 Å². The molecule has 0 saturated heterocycles. The summed E-state index contributed by atoms with van der Waals surface area (Å²) in [6.07, 6.45) is 4.50. The average molecular weight is 194 g/mol. The summed E-state index contributed by atoms with van der Waals surface area (Å²) in [6.45, 7) is 2.32. The molecular formula is C11H13FNO. The topological polar surface area (TPSA) is 21.6 Å². The highest BCUT2D eigenvalue weighted by atomic mass is 19.1. The molecule has 14 heavy (non-hydrogen) atoms. The molecule has 0 fully saturated rings. The molecule has 2 nitrogen and oxygen atoms in total. The summed E-state index contributed by atoms with van der Waals surface area (Å²) in [6, 6.07) is 6.26. The first-order valence-electron chi connectivity index (χ1n) is 4.62. The molecule has 1 rings (SSSR count). The lowest BCUT2D eigenvalue weighted by Gasteiger charge is -1.98. The van der Waals surface area contributed by atoms with Crippen molar-refractivity contribution in [1.29, 1.82) is 0 Å². The quantitative estimate of drug-likeness (QED) is 0.521. The van der Waals surface area contributed by atoms with E-state index in [9.17, 15) is 4.39 Å². The molecule has 0 aliphatic rings. The van der Waals surface area contributed by atoms with Crippen molar-refractivity contribution in [2.24, 2.45) is 5.16 Å². The zero-order valence-electron chi connectivity index (χ0n) is 8.16. The third-order valence-electron chi connectivity index (χ3n) is 1.61. The van der Waals surface area contributed by atoms with E-state index >= 15 is 0 Å². The van der Waals surface area contributed by atoms with Crippen molar-refractivity contribution in [3.8, 4) is 0 Å². The van der Waals surface area contributed by atoms with Gasteiger partial charge in [0.15, 0.2) is 0 Å². The van der Waals surface area contributed by atoms with Crippen LogP contribution in [0.1, 0.15) is 25.3 Å². The highest BCUT2D eigenvalue weighted by molar-refractivity contribution is 5.55. The molecule has 0 atom stereocenters. The van der Waals surface area contributed by atoms with E-state index in [1.54, 1.807) is 12.1 Å². The second-order valence-corrected chi connectivity index (χ2v) is 2.90. The Hall–Kier alpha value is -1.38. The van der Waals surface area contributed by atoms with E-state index in [4.69, 9.17) is 4.84 Å². The minimum Gasteiger partial charge on any atom is -0.391 e. The van der Waals surface area contributed by atoms with Crippen molar-refractivity contribution in [3.05, 3.63) is 35.6 Å². The monoisotopic (exact) mass is 194 g/mol. The molecule has 1 aromatic rings. The average Bonchev–Trinajstić information content (AvgIpc) is 2.18. The normalized spacial score (nSPS) is 10.7. The maximum Gasteiger partial charge on any atom is 0.142 e. The standard InChI is InChI=1S/C11H13FNO/c1-2-3-7-13-14-9-10-5-4-6-11(12)8-10/h4-6,8H,2-3,9H2,1H3. The van der Waals surface area contributed by atoms with Gasteiger partial charge in [0.05, 0.1) is 0 Å². The summed E-state index contributed by atoms with van der Waals surface area (Å²) >= 11 is 0. The summed E-state index contributed by atoms with van der Waals surface area (Å²) in [4.78, 5) is 4.92. The first-order chi connectivity index (χ1) is 6.83. The van der Waals surface area contributed by atoms with Gasteiger partial charge in [-0.15, -0.1) is 0 Å². The smallest absolute Gasteiger partial charge is 0.142 e. The van der Waals surface area contributed by atoms with Crippen LogP contribution < -0.4 is 0 Å². The Morgan fingerprint density at radius 3 is 3.07 bits per heavy atom. The minimum atomic E-state index is -0.257. The van der Waals surface area contributed by atoms with Crippen LogP contribution in [-0.4, -0.2) is 6.21 Å². The van der Waals surface area contributed by atoms with E-state index < -0.39 is 0 Å². The predicted molar refractivity (Wildman–Crippen MR) is 53.5 cm³/mol.